The average Bonchev–Trinajstić information content (AvgIpc) is 3.27. The first-order chi connectivity index (χ1) is 18.7. The van der Waals surface area contributed by atoms with Gasteiger partial charge in [-0.2, -0.15) is 28.5 Å². The Labute approximate surface area is 222 Å². The fourth-order valence-corrected chi connectivity index (χ4v) is 5.21. The number of ether oxygens (including phenoxy) is 2. The number of carbonyl (C=O) groups is 1. The van der Waals surface area contributed by atoms with Crippen molar-refractivity contribution >= 4 is 11.5 Å². The first-order valence-corrected chi connectivity index (χ1v) is 12.8. The molecule has 39 heavy (non-hydrogen) atoms. The lowest BCUT2D eigenvalue weighted by molar-refractivity contribution is -0.189. The summed E-state index contributed by atoms with van der Waals surface area (Å²) in [5.41, 5.74) is 4.37. The highest BCUT2D eigenvalue weighted by atomic mass is 19.4. The first-order valence-electron chi connectivity index (χ1n) is 12.8. The molecule has 8 nitrogen and oxygen atoms in total. The molecule has 2 fully saturated rings. The summed E-state index contributed by atoms with van der Waals surface area (Å²) in [6, 6.07) is 14.4. The van der Waals surface area contributed by atoms with Crippen molar-refractivity contribution in [3.05, 3.63) is 66.1 Å². The van der Waals surface area contributed by atoms with Crippen molar-refractivity contribution in [1.82, 2.24) is 24.7 Å². The molecular formula is C28H26F3N5O3. The molecule has 4 aromatic rings. The van der Waals surface area contributed by atoms with Gasteiger partial charge >= 0.3 is 12.1 Å². The molecule has 1 aromatic carbocycles. The summed E-state index contributed by atoms with van der Waals surface area (Å²) in [7, 11) is 0. The van der Waals surface area contributed by atoms with Crippen molar-refractivity contribution in [2.45, 2.75) is 37.9 Å². The zero-order chi connectivity index (χ0) is 27.1. The number of carbonyl (C=O) groups excluding carboxylic acids is 1. The smallest absolute Gasteiger partial charge is 0.419 e. The monoisotopic (exact) mass is 537 g/mol. The van der Waals surface area contributed by atoms with Crippen molar-refractivity contribution in [3.8, 4) is 28.1 Å². The quantitative estimate of drug-likeness (QED) is 0.267. The molecule has 0 bridgehead atoms. The van der Waals surface area contributed by atoms with Crippen LogP contribution in [0.1, 0.15) is 30.1 Å². The third-order valence-electron chi connectivity index (χ3n) is 7.33. The molecule has 2 saturated heterocycles. The Kier molecular flexibility index (Phi) is 6.56. The van der Waals surface area contributed by atoms with Crippen molar-refractivity contribution in [1.29, 1.82) is 0 Å². The van der Waals surface area contributed by atoms with E-state index in [1.54, 1.807) is 35.0 Å². The number of esters is 1. The number of hydrogen-bond donors (Lipinski definition) is 0. The minimum atomic E-state index is -5.14. The molecule has 2 aliphatic heterocycles. The van der Waals surface area contributed by atoms with Crippen LogP contribution < -0.4 is 4.74 Å². The summed E-state index contributed by atoms with van der Waals surface area (Å²) in [6.45, 7) is 5.23. The fraction of sp³-hybridized carbons (Fsp3) is 0.357. The molecule has 11 heteroatoms. The van der Waals surface area contributed by atoms with E-state index >= 15 is 0 Å². The number of nitrogens with zero attached hydrogens (tertiary/aromatic N) is 5. The molecule has 0 saturated carbocycles. The van der Waals surface area contributed by atoms with E-state index in [0.29, 0.717) is 17.3 Å². The minimum absolute atomic E-state index is 0.240. The zero-order valence-corrected chi connectivity index (χ0v) is 21.2. The largest absolute Gasteiger partial charge is 0.491 e. The van der Waals surface area contributed by atoms with Crippen LogP contribution in [-0.4, -0.2) is 69.2 Å². The lowest BCUT2D eigenvalue weighted by atomic mass is 9.91. The molecule has 5 heterocycles. The lowest BCUT2D eigenvalue weighted by Gasteiger charge is -2.45. The molecule has 0 spiro atoms. The number of aromatic nitrogens is 4. The van der Waals surface area contributed by atoms with Gasteiger partial charge in [-0.25, -0.2) is 9.31 Å². The summed E-state index contributed by atoms with van der Waals surface area (Å²) in [4.78, 5) is 14.2. The number of aryl methyl sites for hydroxylation is 1. The highest BCUT2D eigenvalue weighted by Crippen LogP contribution is 2.36. The minimum Gasteiger partial charge on any atom is -0.419 e. The van der Waals surface area contributed by atoms with E-state index in [1.165, 1.54) is 6.07 Å². The van der Waals surface area contributed by atoms with Crippen LogP contribution in [0.3, 0.4) is 0 Å². The van der Waals surface area contributed by atoms with Gasteiger partial charge in [0.1, 0.15) is 5.75 Å². The highest BCUT2D eigenvalue weighted by Gasteiger charge is 2.42. The van der Waals surface area contributed by atoms with E-state index in [2.05, 4.69) is 20.2 Å². The maximum absolute atomic E-state index is 13.1. The van der Waals surface area contributed by atoms with E-state index in [9.17, 15) is 18.0 Å². The van der Waals surface area contributed by atoms with E-state index in [1.807, 2.05) is 25.1 Å². The van der Waals surface area contributed by atoms with Crippen LogP contribution in [0.5, 0.6) is 5.75 Å². The second-order valence-corrected chi connectivity index (χ2v) is 10.0. The number of fused-ring (bicyclic) bond motifs is 1. The van der Waals surface area contributed by atoms with Crippen molar-refractivity contribution in [2.75, 3.05) is 26.3 Å². The molecule has 0 radical (unpaired) electrons. The van der Waals surface area contributed by atoms with Gasteiger partial charge < -0.3 is 9.47 Å². The summed E-state index contributed by atoms with van der Waals surface area (Å²) in [5, 5.41) is 13.0. The number of pyridine rings is 1. The predicted octanol–water partition coefficient (Wildman–Crippen LogP) is 4.81. The van der Waals surface area contributed by atoms with Gasteiger partial charge in [-0.05, 0) is 73.4 Å². The molecule has 2 aliphatic rings. The van der Waals surface area contributed by atoms with Gasteiger partial charge in [-0.3, -0.25) is 4.90 Å². The number of rotatable bonds is 5. The van der Waals surface area contributed by atoms with Crippen LogP contribution in [-0.2, 0) is 9.53 Å². The maximum atomic E-state index is 13.1. The maximum Gasteiger partial charge on any atom is 0.491 e. The van der Waals surface area contributed by atoms with Gasteiger partial charge in [0, 0.05) is 50.0 Å². The van der Waals surface area contributed by atoms with E-state index < -0.39 is 12.1 Å². The van der Waals surface area contributed by atoms with E-state index in [-0.39, 0.29) is 17.2 Å². The number of likely N-dealkylation sites (tertiary alicyclic amines) is 1. The number of benzene rings is 1. The van der Waals surface area contributed by atoms with Crippen molar-refractivity contribution in [3.63, 3.8) is 0 Å². The van der Waals surface area contributed by atoms with Crippen LogP contribution in [0.4, 0.5) is 13.2 Å². The highest BCUT2D eigenvalue weighted by molar-refractivity contribution is 5.83. The number of alkyl halides is 3. The first kappa shape index (κ1) is 25.4. The number of halogens is 3. The molecular weight excluding hydrogens is 511 g/mol. The van der Waals surface area contributed by atoms with Crippen LogP contribution in [0.15, 0.2) is 54.7 Å². The van der Waals surface area contributed by atoms with Crippen LogP contribution in [0, 0.1) is 6.92 Å². The summed E-state index contributed by atoms with van der Waals surface area (Å²) < 4.78 is 51.3. The normalized spacial score (nSPS) is 17.3. The van der Waals surface area contributed by atoms with E-state index in [0.717, 1.165) is 61.6 Å². The fourth-order valence-electron chi connectivity index (χ4n) is 5.21. The summed E-state index contributed by atoms with van der Waals surface area (Å²) in [5.74, 6) is -2.29. The number of hydrogen-bond acceptors (Lipinski definition) is 7. The van der Waals surface area contributed by atoms with Gasteiger partial charge in [0.25, 0.3) is 0 Å². The molecule has 0 aliphatic carbocycles. The van der Waals surface area contributed by atoms with Gasteiger partial charge in [0.05, 0.1) is 22.6 Å². The standard InChI is InChI=1S/C28H26F3N5O3/c1-17-12-22-13-19(6-9-36(22)34-17)18-2-3-23(26(14-18)39-27(37)28(29,30)31)25-5-4-24(32-33-25)20-15-35(16-20)21-7-10-38-11-8-21/h2-6,9,12-14,20-21H,7-8,10-11,15-16H2,1H3. The second-order valence-electron chi connectivity index (χ2n) is 10.0. The van der Waals surface area contributed by atoms with Crippen LogP contribution >= 0.6 is 0 Å². The molecule has 0 unspecified atom stereocenters. The predicted molar refractivity (Wildman–Crippen MR) is 136 cm³/mol. The van der Waals surface area contributed by atoms with Gasteiger partial charge in [0.2, 0.25) is 0 Å². The Balaban J connectivity index is 1.26. The Morgan fingerprint density at radius 2 is 1.77 bits per heavy atom. The molecule has 0 amide bonds. The van der Waals surface area contributed by atoms with Crippen LogP contribution in [0.2, 0.25) is 0 Å². The van der Waals surface area contributed by atoms with Crippen LogP contribution in [0.25, 0.3) is 27.9 Å². The summed E-state index contributed by atoms with van der Waals surface area (Å²) >= 11 is 0. The topological polar surface area (TPSA) is 81.9 Å². The molecule has 202 valence electrons. The Bertz CT molecular complexity index is 1510. The van der Waals surface area contributed by atoms with Crippen molar-refractivity contribution < 1.29 is 27.4 Å². The Hall–Kier alpha value is -3.83. The third-order valence-corrected chi connectivity index (χ3v) is 7.33. The van der Waals surface area contributed by atoms with Crippen molar-refractivity contribution in [2.24, 2.45) is 0 Å². The molecule has 0 atom stereocenters. The summed E-state index contributed by atoms with van der Waals surface area (Å²) in [6.07, 6.45) is -1.32. The SMILES string of the molecule is Cc1cc2cc(-c3ccc(-c4ccc(C5CN(C6CCOCC6)C5)nn4)c(OC(=O)C(F)(F)F)c3)ccn2n1. The third kappa shape index (κ3) is 5.24. The zero-order valence-electron chi connectivity index (χ0n) is 21.2. The average molecular weight is 538 g/mol. The second kappa shape index (κ2) is 10.0. The molecule has 3 aromatic heterocycles. The molecule has 0 N–H and O–H groups in total. The Morgan fingerprint density at radius 1 is 1.00 bits per heavy atom. The van der Waals surface area contributed by atoms with Gasteiger partial charge in [-0.1, -0.05) is 6.07 Å². The van der Waals surface area contributed by atoms with Gasteiger partial charge in [0.15, 0.2) is 0 Å². The lowest BCUT2D eigenvalue weighted by Crippen LogP contribution is -2.52. The van der Waals surface area contributed by atoms with E-state index in [4.69, 9.17) is 9.47 Å². The van der Waals surface area contributed by atoms with Gasteiger partial charge in [-0.15, -0.1) is 0 Å². The Morgan fingerprint density at radius 3 is 2.49 bits per heavy atom. The molecule has 6 rings (SSSR count).